The van der Waals surface area contributed by atoms with Crippen molar-refractivity contribution < 1.29 is 28.2 Å². The van der Waals surface area contributed by atoms with Crippen LogP contribution in [0.1, 0.15) is 38.2 Å². The third kappa shape index (κ3) is 2.79. The highest BCUT2D eigenvalue weighted by Gasteiger charge is 2.52. The molecule has 0 unspecified atom stereocenters. The van der Waals surface area contributed by atoms with E-state index in [1.165, 1.54) is 25.3 Å². The van der Waals surface area contributed by atoms with Crippen LogP contribution in [0.15, 0.2) is 22.6 Å². The Morgan fingerprint density at radius 1 is 1.16 bits per heavy atom. The molecule has 9 heteroatoms. The number of nitrogens with zero attached hydrogens (tertiary/aromatic N) is 1. The number of hydrogen-bond donors (Lipinski definition) is 0. The number of carbonyl (C=O) groups is 1. The summed E-state index contributed by atoms with van der Waals surface area (Å²) < 4.78 is 22.2. The molecule has 0 bridgehead atoms. The molecular weight excluding hydrogens is 329 g/mol. The lowest BCUT2D eigenvalue weighted by Gasteiger charge is -2.32. The van der Waals surface area contributed by atoms with E-state index in [4.69, 9.17) is 13.7 Å². The summed E-state index contributed by atoms with van der Waals surface area (Å²) in [5.41, 5.74) is -0.726. The molecule has 2 heterocycles. The number of hydrogen-bond acceptors (Lipinski definition) is 7. The number of esters is 1. The summed E-state index contributed by atoms with van der Waals surface area (Å²) in [7, 11) is 0.372. The van der Waals surface area contributed by atoms with Gasteiger partial charge in [0.25, 0.3) is 5.69 Å². The molecule has 0 radical (unpaired) electrons. The largest absolute Gasteiger partial charge is 0.498 e. The van der Waals surface area contributed by atoms with Crippen LogP contribution < -0.4 is 5.46 Å². The minimum atomic E-state index is -0.857. The van der Waals surface area contributed by atoms with E-state index in [1.807, 2.05) is 27.7 Å². The second-order valence-corrected chi connectivity index (χ2v) is 6.90. The maximum absolute atomic E-state index is 11.7. The van der Waals surface area contributed by atoms with E-state index in [1.54, 1.807) is 0 Å². The van der Waals surface area contributed by atoms with E-state index in [-0.39, 0.29) is 11.4 Å². The van der Waals surface area contributed by atoms with E-state index in [0.717, 1.165) is 0 Å². The number of ether oxygens (including phenoxy) is 1. The topological polar surface area (TPSA) is 101 Å². The van der Waals surface area contributed by atoms with Crippen LogP contribution in [-0.2, 0) is 14.0 Å². The zero-order chi connectivity index (χ0) is 18.6. The number of fused-ring (bicyclic) bond motifs is 1. The number of carbonyl (C=O) groups excluding carboxylic acids is 1. The highest BCUT2D eigenvalue weighted by atomic mass is 16.7. The van der Waals surface area contributed by atoms with Gasteiger partial charge in [0, 0.05) is 23.0 Å². The molecule has 1 aliphatic rings. The Balaban J connectivity index is 2.17. The highest BCUT2D eigenvalue weighted by Crippen LogP contribution is 2.37. The van der Waals surface area contributed by atoms with Crippen LogP contribution in [0.4, 0.5) is 5.69 Å². The van der Waals surface area contributed by atoms with E-state index < -0.39 is 29.2 Å². The maximum Gasteiger partial charge on any atom is 0.498 e. The Bertz CT molecular complexity index is 855. The Morgan fingerprint density at radius 3 is 2.28 bits per heavy atom. The number of benzene rings is 1. The fourth-order valence-corrected chi connectivity index (χ4v) is 2.62. The van der Waals surface area contributed by atoms with Gasteiger partial charge in [-0.2, -0.15) is 0 Å². The van der Waals surface area contributed by atoms with E-state index >= 15 is 0 Å². The maximum atomic E-state index is 11.7. The average molecular weight is 347 g/mol. The zero-order valence-electron chi connectivity index (χ0n) is 14.6. The standard InChI is InChI=1S/C16H18BNO7/c1-15(2)16(3,4)25-17(24-15)11-8-10(18(20)21)6-9-7-12(14(19)22-5)23-13(9)11/h6-8H,1-5H3. The van der Waals surface area contributed by atoms with Gasteiger partial charge in [-0.3, -0.25) is 10.1 Å². The van der Waals surface area contributed by atoms with Crippen molar-refractivity contribution in [2.45, 2.75) is 38.9 Å². The molecule has 0 aliphatic carbocycles. The summed E-state index contributed by atoms with van der Waals surface area (Å²) in [6.07, 6.45) is 0. The van der Waals surface area contributed by atoms with Gasteiger partial charge in [0.15, 0.2) is 0 Å². The van der Waals surface area contributed by atoms with Gasteiger partial charge in [-0.15, -0.1) is 0 Å². The fourth-order valence-electron chi connectivity index (χ4n) is 2.62. The normalized spacial score (nSPS) is 18.5. The predicted octanol–water partition coefficient (Wildman–Crippen LogP) is 2.43. The predicted molar refractivity (Wildman–Crippen MR) is 89.9 cm³/mol. The molecule has 0 spiro atoms. The monoisotopic (exact) mass is 347 g/mol. The van der Waals surface area contributed by atoms with Gasteiger partial charge in [-0.1, -0.05) is 0 Å². The lowest BCUT2D eigenvalue weighted by Crippen LogP contribution is -2.41. The first-order valence-corrected chi connectivity index (χ1v) is 7.71. The van der Waals surface area contributed by atoms with E-state index in [0.29, 0.717) is 16.4 Å². The fraction of sp³-hybridized carbons (Fsp3) is 0.438. The molecule has 0 atom stereocenters. The highest BCUT2D eigenvalue weighted by molar-refractivity contribution is 6.65. The van der Waals surface area contributed by atoms with E-state index in [9.17, 15) is 14.9 Å². The van der Waals surface area contributed by atoms with Crippen LogP contribution in [0.25, 0.3) is 11.0 Å². The lowest BCUT2D eigenvalue weighted by molar-refractivity contribution is -0.384. The summed E-state index contributed by atoms with van der Waals surface area (Å²) in [5, 5.41) is 11.7. The van der Waals surface area contributed by atoms with Gasteiger partial charge in [0.2, 0.25) is 5.76 Å². The van der Waals surface area contributed by atoms with Crippen LogP contribution in [0, 0.1) is 10.1 Å². The third-order valence-corrected chi connectivity index (χ3v) is 4.73. The Kier molecular flexibility index (Phi) is 3.88. The molecule has 132 valence electrons. The Hall–Kier alpha value is -2.39. The summed E-state index contributed by atoms with van der Waals surface area (Å²) in [5.74, 6) is -0.713. The number of furan rings is 1. The molecule has 1 aromatic heterocycles. The minimum absolute atomic E-state index is 0.0456. The molecule has 3 rings (SSSR count). The van der Waals surface area contributed by atoms with Gasteiger partial charge in [-0.25, -0.2) is 4.79 Å². The van der Waals surface area contributed by atoms with Crippen molar-refractivity contribution >= 4 is 35.2 Å². The minimum Gasteiger partial charge on any atom is -0.463 e. The first-order chi connectivity index (χ1) is 11.6. The van der Waals surface area contributed by atoms with Crippen LogP contribution >= 0.6 is 0 Å². The second-order valence-electron chi connectivity index (χ2n) is 6.90. The van der Waals surface area contributed by atoms with Crippen LogP contribution in [-0.4, -0.2) is 36.3 Å². The molecule has 0 N–H and O–H groups in total. The van der Waals surface area contributed by atoms with Crippen LogP contribution in [0.3, 0.4) is 0 Å². The molecular formula is C16H18BNO7. The quantitative estimate of drug-likeness (QED) is 0.364. The van der Waals surface area contributed by atoms with Crippen molar-refractivity contribution in [3.63, 3.8) is 0 Å². The van der Waals surface area contributed by atoms with Crippen molar-refractivity contribution in [2.24, 2.45) is 0 Å². The molecule has 0 amide bonds. The first-order valence-electron chi connectivity index (χ1n) is 7.71. The van der Waals surface area contributed by atoms with Gasteiger partial charge in [0.1, 0.15) is 5.58 Å². The summed E-state index contributed by atoms with van der Waals surface area (Å²) in [6.45, 7) is 7.51. The third-order valence-electron chi connectivity index (χ3n) is 4.73. The second kappa shape index (κ2) is 5.57. The van der Waals surface area contributed by atoms with Crippen molar-refractivity contribution in [3.8, 4) is 0 Å². The molecule has 1 fully saturated rings. The van der Waals surface area contributed by atoms with Crippen LogP contribution in [0.2, 0.25) is 0 Å². The number of methoxy groups -OCH3 is 1. The van der Waals surface area contributed by atoms with Crippen molar-refractivity contribution in [3.05, 3.63) is 34.1 Å². The summed E-state index contributed by atoms with van der Waals surface area (Å²) >= 11 is 0. The summed E-state index contributed by atoms with van der Waals surface area (Å²) in [4.78, 5) is 22.5. The molecule has 1 saturated heterocycles. The number of nitro groups is 1. The molecule has 1 aliphatic heterocycles. The number of non-ortho nitro benzene ring substituents is 1. The smallest absolute Gasteiger partial charge is 0.463 e. The Morgan fingerprint density at radius 2 is 1.76 bits per heavy atom. The lowest BCUT2D eigenvalue weighted by atomic mass is 9.78. The molecule has 0 saturated carbocycles. The Labute approximate surface area is 144 Å². The molecule has 8 nitrogen and oxygen atoms in total. The zero-order valence-corrected chi connectivity index (χ0v) is 14.6. The van der Waals surface area contributed by atoms with E-state index in [2.05, 4.69) is 4.74 Å². The van der Waals surface area contributed by atoms with Gasteiger partial charge >= 0.3 is 13.1 Å². The molecule has 1 aromatic carbocycles. The van der Waals surface area contributed by atoms with Gasteiger partial charge in [-0.05, 0) is 33.8 Å². The average Bonchev–Trinajstić information content (AvgIpc) is 3.03. The van der Waals surface area contributed by atoms with Crippen molar-refractivity contribution in [2.75, 3.05) is 7.11 Å². The van der Waals surface area contributed by atoms with Crippen LogP contribution in [0.5, 0.6) is 0 Å². The first kappa shape index (κ1) is 17.4. The van der Waals surface area contributed by atoms with Crippen molar-refractivity contribution in [1.29, 1.82) is 0 Å². The number of rotatable bonds is 3. The number of nitro benzene ring substituents is 1. The van der Waals surface area contributed by atoms with Crippen molar-refractivity contribution in [1.82, 2.24) is 0 Å². The molecule has 2 aromatic rings. The SMILES string of the molecule is COC(=O)c1cc2cc([N+](=O)[O-])cc(B3OC(C)(C)C(C)(C)O3)c2o1. The summed E-state index contributed by atoms with van der Waals surface area (Å²) in [6, 6.07) is 4.08. The molecule has 25 heavy (non-hydrogen) atoms. The van der Waals surface area contributed by atoms with Gasteiger partial charge < -0.3 is 18.5 Å². The van der Waals surface area contributed by atoms with Gasteiger partial charge in [0.05, 0.1) is 23.2 Å².